The van der Waals surface area contributed by atoms with Gasteiger partial charge in [0.05, 0.1) is 28.5 Å². The summed E-state index contributed by atoms with van der Waals surface area (Å²) in [6.45, 7) is 0.506. The van der Waals surface area contributed by atoms with Crippen LogP contribution < -0.4 is 10.2 Å². The fraction of sp³-hybridized carbons (Fsp3) is 0.111. The average molecular weight is 363 g/mol. The molecular weight excluding hydrogens is 350 g/mol. The first-order chi connectivity index (χ1) is 12.7. The predicted octanol–water partition coefficient (Wildman–Crippen LogP) is 4.00. The number of aromatic nitrogens is 1. The fourth-order valence-corrected chi connectivity index (χ4v) is 3.72. The van der Waals surface area contributed by atoms with Gasteiger partial charge in [-0.05, 0) is 24.3 Å². The van der Waals surface area contributed by atoms with E-state index in [4.69, 9.17) is 0 Å². The molecular formula is C18H13N5O2S. The summed E-state index contributed by atoms with van der Waals surface area (Å²) in [5, 5.41) is 26.1. The van der Waals surface area contributed by atoms with E-state index >= 15 is 0 Å². The van der Waals surface area contributed by atoms with E-state index in [0.29, 0.717) is 6.54 Å². The van der Waals surface area contributed by atoms with E-state index < -0.39 is 11.1 Å². The van der Waals surface area contributed by atoms with E-state index in [2.05, 4.69) is 16.4 Å². The Bertz CT molecular complexity index is 1010. The number of hydrogen-bond donors (Lipinski definition) is 1. The zero-order valence-corrected chi connectivity index (χ0v) is 14.3. The van der Waals surface area contributed by atoms with Gasteiger partial charge in [-0.2, -0.15) is 5.26 Å². The molecule has 0 amide bonds. The zero-order chi connectivity index (χ0) is 18.1. The standard InChI is InChI=1S/C18H13N5O2S/c19-9-17-21-15-3-1-2-4-16(15)22(17)10-13-11-26-18(20-13)12-5-7-14(8-6-12)23(24)25/h1-8,11,17,21H,10H2/t17-/m1/s1. The molecule has 2 aromatic carbocycles. The molecule has 4 rings (SSSR count). The summed E-state index contributed by atoms with van der Waals surface area (Å²) in [6.07, 6.45) is -0.433. The third-order valence-electron chi connectivity index (χ3n) is 4.15. The second kappa shape index (κ2) is 6.46. The molecule has 1 atom stereocenters. The van der Waals surface area contributed by atoms with E-state index in [9.17, 15) is 15.4 Å². The summed E-state index contributed by atoms with van der Waals surface area (Å²) in [7, 11) is 0. The number of benzene rings is 2. The molecule has 26 heavy (non-hydrogen) atoms. The molecule has 1 aliphatic rings. The van der Waals surface area contributed by atoms with Gasteiger partial charge < -0.3 is 10.2 Å². The number of nitriles is 1. The Labute approximate surface area is 153 Å². The quantitative estimate of drug-likeness (QED) is 0.556. The lowest BCUT2D eigenvalue weighted by molar-refractivity contribution is -0.384. The predicted molar refractivity (Wildman–Crippen MR) is 99.9 cm³/mol. The molecule has 128 valence electrons. The van der Waals surface area contributed by atoms with Gasteiger partial charge in [0.2, 0.25) is 0 Å². The number of hydrogen-bond acceptors (Lipinski definition) is 7. The highest BCUT2D eigenvalue weighted by atomic mass is 32.1. The summed E-state index contributed by atoms with van der Waals surface area (Å²) in [4.78, 5) is 16.9. The maximum atomic E-state index is 10.8. The SMILES string of the molecule is N#C[C@@H]1Nc2ccccc2N1Cc1csc(-c2ccc([N+](=O)[O-])cc2)n1. The molecule has 3 aromatic rings. The second-order valence-electron chi connectivity index (χ2n) is 5.77. The monoisotopic (exact) mass is 363 g/mol. The first kappa shape index (κ1) is 16.1. The maximum absolute atomic E-state index is 10.8. The fourth-order valence-electron chi connectivity index (χ4n) is 2.90. The van der Waals surface area contributed by atoms with Crippen LogP contribution >= 0.6 is 11.3 Å². The summed E-state index contributed by atoms with van der Waals surface area (Å²) in [6, 6.07) is 16.4. The van der Waals surface area contributed by atoms with Crippen molar-refractivity contribution in [2.24, 2.45) is 0 Å². The lowest BCUT2D eigenvalue weighted by atomic mass is 10.2. The third-order valence-corrected chi connectivity index (χ3v) is 5.09. The van der Waals surface area contributed by atoms with E-state index in [1.165, 1.54) is 23.5 Å². The number of thiazole rings is 1. The maximum Gasteiger partial charge on any atom is 0.269 e. The van der Waals surface area contributed by atoms with Gasteiger partial charge in [0.15, 0.2) is 6.17 Å². The van der Waals surface area contributed by atoms with Crippen LogP contribution in [0.15, 0.2) is 53.9 Å². The highest BCUT2D eigenvalue weighted by molar-refractivity contribution is 7.13. The van der Waals surface area contributed by atoms with Gasteiger partial charge in [-0.3, -0.25) is 10.1 Å². The van der Waals surface area contributed by atoms with Crippen molar-refractivity contribution in [1.29, 1.82) is 5.26 Å². The average Bonchev–Trinajstić information content (AvgIpc) is 3.27. The molecule has 0 fully saturated rings. The number of fused-ring (bicyclic) bond motifs is 1. The van der Waals surface area contributed by atoms with Crippen LogP contribution in [0.2, 0.25) is 0 Å². The largest absolute Gasteiger partial charge is 0.352 e. The van der Waals surface area contributed by atoms with Gasteiger partial charge in [-0.25, -0.2) is 4.98 Å². The Morgan fingerprint density at radius 2 is 2.04 bits per heavy atom. The van der Waals surface area contributed by atoms with E-state index in [0.717, 1.165) is 27.6 Å². The van der Waals surface area contributed by atoms with Gasteiger partial charge >= 0.3 is 0 Å². The lowest BCUT2D eigenvalue weighted by Gasteiger charge is -2.20. The Morgan fingerprint density at radius 3 is 2.77 bits per heavy atom. The highest BCUT2D eigenvalue weighted by Crippen LogP contribution is 2.35. The molecule has 7 nitrogen and oxygen atoms in total. The van der Waals surface area contributed by atoms with Gasteiger partial charge in [-0.15, -0.1) is 11.3 Å². The molecule has 0 unspecified atom stereocenters. The van der Waals surface area contributed by atoms with Crippen LogP contribution in [0.1, 0.15) is 5.69 Å². The minimum absolute atomic E-state index is 0.0575. The van der Waals surface area contributed by atoms with E-state index in [1.54, 1.807) is 12.1 Å². The highest BCUT2D eigenvalue weighted by Gasteiger charge is 2.28. The molecule has 0 radical (unpaired) electrons. The molecule has 0 spiro atoms. The van der Waals surface area contributed by atoms with Crippen molar-refractivity contribution in [3.05, 3.63) is 69.7 Å². The molecule has 1 N–H and O–H groups in total. The number of para-hydroxylation sites is 2. The second-order valence-corrected chi connectivity index (χ2v) is 6.63. The van der Waals surface area contributed by atoms with Gasteiger partial charge in [-0.1, -0.05) is 12.1 Å². The molecule has 0 saturated heterocycles. The summed E-state index contributed by atoms with van der Waals surface area (Å²) >= 11 is 1.48. The zero-order valence-electron chi connectivity index (χ0n) is 13.5. The molecule has 0 saturated carbocycles. The number of anilines is 2. The summed E-state index contributed by atoms with van der Waals surface area (Å²) < 4.78 is 0. The van der Waals surface area contributed by atoms with Crippen LogP contribution in [0, 0.1) is 21.4 Å². The smallest absolute Gasteiger partial charge is 0.269 e. The minimum Gasteiger partial charge on any atom is -0.352 e. The number of non-ortho nitro benzene ring substituents is 1. The van der Waals surface area contributed by atoms with Gasteiger partial charge in [0.25, 0.3) is 5.69 Å². The Hall–Kier alpha value is -3.44. The van der Waals surface area contributed by atoms with Crippen molar-refractivity contribution in [1.82, 2.24) is 4.98 Å². The van der Waals surface area contributed by atoms with Gasteiger partial charge in [0.1, 0.15) is 11.1 Å². The van der Waals surface area contributed by atoms with Crippen LogP contribution in [0.5, 0.6) is 0 Å². The Morgan fingerprint density at radius 1 is 1.27 bits per heavy atom. The first-order valence-corrected chi connectivity index (χ1v) is 8.75. The molecule has 1 aromatic heterocycles. The summed E-state index contributed by atoms with van der Waals surface area (Å²) in [5.74, 6) is 0. The molecule has 1 aliphatic heterocycles. The number of rotatable bonds is 4. The number of nitro benzene ring substituents is 1. The topological polar surface area (TPSA) is 95.1 Å². The van der Waals surface area contributed by atoms with Crippen molar-refractivity contribution in [2.75, 3.05) is 10.2 Å². The molecule has 0 bridgehead atoms. The van der Waals surface area contributed by atoms with Crippen molar-refractivity contribution in [3.8, 4) is 16.6 Å². The van der Waals surface area contributed by atoms with Crippen molar-refractivity contribution in [2.45, 2.75) is 12.7 Å². The molecule has 8 heteroatoms. The van der Waals surface area contributed by atoms with Crippen LogP contribution in [0.4, 0.5) is 17.1 Å². The number of nitrogens with one attached hydrogen (secondary N) is 1. The number of nitro groups is 1. The van der Waals surface area contributed by atoms with E-state index in [-0.39, 0.29) is 5.69 Å². The van der Waals surface area contributed by atoms with Crippen molar-refractivity contribution >= 4 is 28.4 Å². The van der Waals surface area contributed by atoms with Crippen LogP contribution in [0.25, 0.3) is 10.6 Å². The van der Waals surface area contributed by atoms with E-state index in [1.807, 2.05) is 34.5 Å². The third kappa shape index (κ3) is 2.85. The Balaban J connectivity index is 1.57. The van der Waals surface area contributed by atoms with Crippen LogP contribution in [-0.2, 0) is 6.54 Å². The van der Waals surface area contributed by atoms with Crippen molar-refractivity contribution in [3.63, 3.8) is 0 Å². The van der Waals surface area contributed by atoms with Crippen molar-refractivity contribution < 1.29 is 4.92 Å². The molecule has 0 aliphatic carbocycles. The van der Waals surface area contributed by atoms with Gasteiger partial charge in [0, 0.05) is 23.1 Å². The number of nitrogens with zero attached hydrogens (tertiary/aromatic N) is 4. The lowest BCUT2D eigenvalue weighted by Crippen LogP contribution is -2.33. The minimum atomic E-state index is -0.433. The first-order valence-electron chi connectivity index (χ1n) is 7.87. The van der Waals surface area contributed by atoms with Crippen LogP contribution in [-0.4, -0.2) is 16.1 Å². The summed E-state index contributed by atoms with van der Waals surface area (Å²) in [5.41, 5.74) is 3.65. The normalized spacial score (nSPS) is 15.2. The molecule has 2 heterocycles. The van der Waals surface area contributed by atoms with Crippen LogP contribution in [0.3, 0.4) is 0 Å². The Kier molecular flexibility index (Phi) is 3.99.